The fourth-order valence-corrected chi connectivity index (χ4v) is 2.86. The first-order chi connectivity index (χ1) is 8.90. The highest BCUT2D eigenvalue weighted by Gasteiger charge is 2.20. The van der Waals surface area contributed by atoms with Crippen LogP contribution < -0.4 is 10.9 Å². The Bertz CT molecular complexity index is 463. The van der Waals surface area contributed by atoms with Crippen molar-refractivity contribution < 1.29 is 0 Å². The number of H-pyrrole nitrogens is 1. The first-order valence-electron chi connectivity index (χ1n) is 7.24. The van der Waals surface area contributed by atoms with Crippen molar-refractivity contribution in [3.8, 4) is 0 Å². The molecule has 2 unspecified atom stereocenters. The van der Waals surface area contributed by atoms with Crippen molar-refractivity contribution in [3.63, 3.8) is 0 Å². The van der Waals surface area contributed by atoms with Crippen LogP contribution in [0.4, 0.5) is 0 Å². The van der Waals surface area contributed by atoms with Gasteiger partial charge in [0.25, 0.3) is 5.56 Å². The van der Waals surface area contributed by atoms with Gasteiger partial charge in [-0.2, -0.15) is 0 Å². The van der Waals surface area contributed by atoms with E-state index in [0.29, 0.717) is 17.8 Å². The second-order valence-electron chi connectivity index (χ2n) is 5.40. The zero-order chi connectivity index (χ0) is 14.6. The number of aromatic nitrogens is 2. The van der Waals surface area contributed by atoms with Crippen LogP contribution in [0, 0.1) is 19.8 Å². The molecule has 4 nitrogen and oxygen atoms in total. The number of nitrogens with one attached hydrogen (secondary N) is 2. The van der Waals surface area contributed by atoms with E-state index in [9.17, 15) is 4.79 Å². The highest BCUT2D eigenvalue weighted by atomic mass is 16.1. The summed E-state index contributed by atoms with van der Waals surface area (Å²) in [6.45, 7) is 12.4. The van der Waals surface area contributed by atoms with E-state index in [0.717, 1.165) is 24.1 Å². The van der Waals surface area contributed by atoms with E-state index in [-0.39, 0.29) is 11.6 Å². The molecular weight excluding hydrogens is 238 g/mol. The summed E-state index contributed by atoms with van der Waals surface area (Å²) in [6, 6.07) is 0.414. The van der Waals surface area contributed by atoms with Gasteiger partial charge in [-0.05, 0) is 33.6 Å². The van der Waals surface area contributed by atoms with Crippen molar-refractivity contribution in [1.82, 2.24) is 15.3 Å². The lowest BCUT2D eigenvalue weighted by molar-refractivity contribution is 0.328. The number of hydrogen-bond donors (Lipinski definition) is 2. The van der Waals surface area contributed by atoms with Gasteiger partial charge in [-0.3, -0.25) is 4.79 Å². The number of aryl methyl sites for hydroxylation is 2. The van der Waals surface area contributed by atoms with Gasteiger partial charge in [-0.15, -0.1) is 0 Å². The summed E-state index contributed by atoms with van der Waals surface area (Å²) < 4.78 is 0. The minimum atomic E-state index is -0.0262. The average molecular weight is 265 g/mol. The summed E-state index contributed by atoms with van der Waals surface area (Å²) in [7, 11) is 0. The SMILES string of the molecule is CCC(CC)C(C)NC(C)c1c(C)nc(C)[nH]c1=O. The predicted octanol–water partition coefficient (Wildman–Crippen LogP) is 2.86. The molecule has 2 atom stereocenters. The number of hydrogen-bond acceptors (Lipinski definition) is 3. The van der Waals surface area contributed by atoms with Crippen molar-refractivity contribution in [3.05, 3.63) is 27.4 Å². The van der Waals surface area contributed by atoms with Gasteiger partial charge in [-0.1, -0.05) is 26.7 Å². The van der Waals surface area contributed by atoms with E-state index in [1.165, 1.54) is 0 Å². The van der Waals surface area contributed by atoms with Crippen molar-refractivity contribution in [2.45, 2.75) is 66.5 Å². The monoisotopic (exact) mass is 265 g/mol. The van der Waals surface area contributed by atoms with Gasteiger partial charge in [0, 0.05) is 17.8 Å². The maximum atomic E-state index is 12.1. The Balaban J connectivity index is 2.90. The van der Waals surface area contributed by atoms with Crippen LogP contribution in [-0.4, -0.2) is 16.0 Å². The highest BCUT2D eigenvalue weighted by Crippen LogP contribution is 2.18. The van der Waals surface area contributed by atoms with E-state index in [1.807, 2.05) is 20.8 Å². The molecule has 1 aromatic rings. The van der Waals surface area contributed by atoms with Crippen LogP contribution >= 0.6 is 0 Å². The Morgan fingerprint density at radius 2 is 1.79 bits per heavy atom. The molecule has 108 valence electrons. The summed E-state index contributed by atoms with van der Waals surface area (Å²) >= 11 is 0. The lowest BCUT2D eigenvalue weighted by Gasteiger charge is -2.26. The molecule has 0 fully saturated rings. The van der Waals surface area contributed by atoms with E-state index >= 15 is 0 Å². The zero-order valence-electron chi connectivity index (χ0n) is 13.0. The van der Waals surface area contributed by atoms with Crippen LogP contribution in [0.1, 0.15) is 63.7 Å². The highest BCUT2D eigenvalue weighted by molar-refractivity contribution is 5.20. The Kier molecular flexibility index (Phi) is 5.73. The maximum absolute atomic E-state index is 12.1. The van der Waals surface area contributed by atoms with Gasteiger partial charge < -0.3 is 10.3 Å². The van der Waals surface area contributed by atoms with E-state index < -0.39 is 0 Å². The van der Waals surface area contributed by atoms with E-state index in [1.54, 1.807) is 0 Å². The third-order valence-electron chi connectivity index (χ3n) is 3.97. The van der Waals surface area contributed by atoms with E-state index in [4.69, 9.17) is 0 Å². The molecule has 1 aromatic heterocycles. The molecule has 1 heterocycles. The summed E-state index contributed by atoms with van der Waals surface area (Å²) in [4.78, 5) is 19.2. The number of aromatic amines is 1. The third kappa shape index (κ3) is 3.90. The molecular formula is C15H27N3O. The molecule has 4 heteroatoms. The fourth-order valence-electron chi connectivity index (χ4n) is 2.86. The molecule has 0 radical (unpaired) electrons. The second-order valence-corrected chi connectivity index (χ2v) is 5.40. The average Bonchev–Trinajstić information content (AvgIpc) is 2.28. The molecule has 19 heavy (non-hydrogen) atoms. The summed E-state index contributed by atoms with van der Waals surface area (Å²) in [6.07, 6.45) is 2.30. The fraction of sp³-hybridized carbons (Fsp3) is 0.733. The maximum Gasteiger partial charge on any atom is 0.255 e. The van der Waals surface area contributed by atoms with Crippen LogP contribution in [0.5, 0.6) is 0 Å². The molecule has 0 saturated heterocycles. The molecule has 2 N–H and O–H groups in total. The smallest absolute Gasteiger partial charge is 0.255 e. The molecule has 0 aliphatic rings. The third-order valence-corrected chi connectivity index (χ3v) is 3.97. The standard InChI is InChI=1S/C15H27N3O/c1-7-13(8-2)9(3)16-10(4)14-11(5)17-12(6)18-15(14)19/h9-10,13,16H,7-8H2,1-6H3,(H,17,18,19). The first-order valence-corrected chi connectivity index (χ1v) is 7.24. The lowest BCUT2D eigenvalue weighted by atomic mass is 9.94. The molecule has 0 bridgehead atoms. The van der Waals surface area contributed by atoms with Gasteiger partial charge >= 0.3 is 0 Å². The molecule has 0 aromatic carbocycles. The topological polar surface area (TPSA) is 57.8 Å². The Labute approximate surface area is 116 Å². The quantitative estimate of drug-likeness (QED) is 0.831. The van der Waals surface area contributed by atoms with Crippen LogP contribution in [-0.2, 0) is 0 Å². The van der Waals surface area contributed by atoms with Crippen molar-refractivity contribution in [2.75, 3.05) is 0 Å². The summed E-state index contributed by atoms with van der Waals surface area (Å²) in [5.41, 5.74) is 1.54. The number of rotatable bonds is 6. The number of nitrogens with zero attached hydrogens (tertiary/aromatic N) is 1. The Hall–Kier alpha value is -1.16. The molecule has 1 rings (SSSR count). The minimum absolute atomic E-state index is 0.0208. The molecule has 0 aliphatic carbocycles. The summed E-state index contributed by atoms with van der Waals surface area (Å²) in [5.74, 6) is 1.31. The van der Waals surface area contributed by atoms with Gasteiger partial charge in [0.2, 0.25) is 0 Å². The Morgan fingerprint density at radius 3 is 2.26 bits per heavy atom. The Morgan fingerprint density at radius 1 is 1.21 bits per heavy atom. The van der Waals surface area contributed by atoms with Crippen LogP contribution in [0.3, 0.4) is 0 Å². The predicted molar refractivity (Wildman–Crippen MR) is 79.4 cm³/mol. The van der Waals surface area contributed by atoms with Crippen LogP contribution in [0.25, 0.3) is 0 Å². The normalized spacial score (nSPS) is 14.7. The molecule has 0 aliphatic heterocycles. The molecule has 0 spiro atoms. The van der Waals surface area contributed by atoms with Crippen molar-refractivity contribution in [1.29, 1.82) is 0 Å². The zero-order valence-corrected chi connectivity index (χ0v) is 13.0. The minimum Gasteiger partial charge on any atom is -0.310 e. The lowest BCUT2D eigenvalue weighted by Crippen LogP contribution is -2.37. The van der Waals surface area contributed by atoms with Crippen molar-refractivity contribution in [2.24, 2.45) is 5.92 Å². The summed E-state index contributed by atoms with van der Waals surface area (Å²) in [5, 5.41) is 3.54. The van der Waals surface area contributed by atoms with Crippen molar-refractivity contribution >= 4 is 0 Å². The largest absolute Gasteiger partial charge is 0.310 e. The molecule has 0 saturated carbocycles. The molecule has 0 amide bonds. The van der Waals surface area contributed by atoms with E-state index in [2.05, 4.69) is 36.1 Å². The van der Waals surface area contributed by atoms with Crippen LogP contribution in [0.15, 0.2) is 4.79 Å². The van der Waals surface area contributed by atoms with Gasteiger partial charge in [-0.25, -0.2) is 4.98 Å². The van der Waals surface area contributed by atoms with Crippen LogP contribution in [0.2, 0.25) is 0 Å². The second kappa shape index (κ2) is 6.85. The van der Waals surface area contributed by atoms with Gasteiger partial charge in [0.05, 0.1) is 5.56 Å². The van der Waals surface area contributed by atoms with Gasteiger partial charge in [0.1, 0.15) is 5.82 Å². The van der Waals surface area contributed by atoms with Gasteiger partial charge in [0.15, 0.2) is 0 Å². The first kappa shape index (κ1) is 15.9.